The standard InChI is InChI=1S/C23H23F2N7/c1-23(26)9-3-11-31(14-23)20-8-10-27-13-19(20)29-22-28-12-15-6-7-18(30-32(15)22)21-16(24)4-2-5-17(21)25/h2,4-8,10,12-13H,3,9,11,14,26H2,1H3,(H,28,29). The average molecular weight is 435 g/mol. The maximum Gasteiger partial charge on any atom is 0.229 e. The number of rotatable bonds is 4. The van der Waals surface area contributed by atoms with E-state index in [1.165, 1.54) is 22.7 Å². The molecule has 1 fully saturated rings. The van der Waals surface area contributed by atoms with Gasteiger partial charge in [-0.1, -0.05) is 6.07 Å². The van der Waals surface area contributed by atoms with Crippen LogP contribution < -0.4 is 16.0 Å². The molecular weight excluding hydrogens is 412 g/mol. The zero-order valence-electron chi connectivity index (χ0n) is 17.6. The molecule has 3 N–H and O–H groups in total. The molecular formula is C23H23F2N7. The summed E-state index contributed by atoms with van der Waals surface area (Å²) in [6.45, 7) is 3.68. The van der Waals surface area contributed by atoms with Crippen LogP contribution in [0.15, 0.2) is 55.0 Å². The molecule has 0 amide bonds. The van der Waals surface area contributed by atoms with Gasteiger partial charge in [-0.05, 0) is 50.1 Å². The van der Waals surface area contributed by atoms with Crippen molar-refractivity contribution >= 4 is 22.8 Å². The fraction of sp³-hybridized carbons (Fsp3) is 0.261. The molecule has 1 aromatic carbocycles. The predicted molar refractivity (Wildman–Crippen MR) is 120 cm³/mol. The Bertz CT molecular complexity index is 1260. The van der Waals surface area contributed by atoms with Gasteiger partial charge in [-0.15, -0.1) is 0 Å². The SMILES string of the molecule is CC1(N)CCCN(c2ccncc2Nc2ncc3ccc(-c4c(F)cccc4F)nn23)C1. The number of nitrogens with zero attached hydrogens (tertiary/aromatic N) is 5. The molecule has 0 aliphatic carbocycles. The summed E-state index contributed by atoms with van der Waals surface area (Å²) in [6.07, 6.45) is 7.08. The maximum absolute atomic E-state index is 14.3. The number of aromatic nitrogens is 4. The van der Waals surface area contributed by atoms with Crippen molar-refractivity contribution in [2.75, 3.05) is 23.3 Å². The van der Waals surface area contributed by atoms with Crippen molar-refractivity contribution in [1.29, 1.82) is 0 Å². The highest BCUT2D eigenvalue weighted by Crippen LogP contribution is 2.32. The molecule has 1 unspecified atom stereocenters. The summed E-state index contributed by atoms with van der Waals surface area (Å²) in [5.74, 6) is -0.924. The number of benzene rings is 1. The molecule has 32 heavy (non-hydrogen) atoms. The second-order valence-electron chi connectivity index (χ2n) is 8.43. The summed E-state index contributed by atoms with van der Waals surface area (Å²) >= 11 is 0. The van der Waals surface area contributed by atoms with Gasteiger partial charge in [0.05, 0.1) is 40.5 Å². The summed E-state index contributed by atoms with van der Waals surface area (Å²) in [5, 5.41) is 7.73. The van der Waals surface area contributed by atoms with Crippen molar-refractivity contribution in [2.24, 2.45) is 5.73 Å². The van der Waals surface area contributed by atoms with Crippen molar-refractivity contribution in [3.05, 3.63) is 66.6 Å². The number of nitrogens with one attached hydrogen (secondary N) is 1. The molecule has 1 atom stereocenters. The average Bonchev–Trinajstić information content (AvgIpc) is 3.15. The highest BCUT2D eigenvalue weighted by Gasteiger charge is 2.28. The first-order valence-electron chi connectivity index (χ1n) is 10.5. The first-order valence-corrected chi connectivity index (χ1v) is 10.5. The van der Waals surface area contributed by atoms with E-state index in [1.54, 1.807) is 30.7 Å². The Morgan fingerprint density at radius 2 is 1.91 bits per heavy atom. The number of hydrogen-bond donors (Lipinski definition) is 2. The molecule has 9 heteroatoms. The molecule has 0 bridgehead atoms. The van der Waals surface area contributed by atoms with Crippen LogP contribution >= 0.6 is 0 Å². The van der Waals surface area contributed by atoms with E-state index in [9.17, 15) is 8.78 Å². The summed E-state index contributed by atoms with van der Waals surface area (Å²) < 4.78 is 30.1. The zero-order chi connectivity index (χ0) is 22.3. The van der Waals surface area contributed by atoms with E-state index in [0.717, 1.165) is 37.3 Å². The first kappa shape index (κ1) is 20.3. The number of halogens is 2. The van der Waals surface area contributed by atoms with E-state index < -0.39 is 11.6 Å². The monoisotopic (exact) mass is 435 g/mol. The van der Waals surface area contributed by atoms with Crippen LogP contribution in [0.5, 0.6) is 0 Å². The van der Waals surface area contributed by atoms with Crippen molar-refractivity contribution in [3.8, 4) is 11.3 Å². The lowest BCUT2D eigenvalue weighted by atomic mass is 9.92. The van der Waals surface area contributed by atoms with E-state index >= 15 is 0 Å². The van der Waals surface area contributed by atoms with Crippen LogP contribution in [0.1, 0.15) is 19.8 Å². The molecule has 7 nitrogen and oxygen atoms in total. The second-order valence-corrected chi connectivity index (χ2v) is 8.43. The van der Waals surface area contributed by atoms with Crippen LogP contribution in [0.3, 0.4) is 0 Å². The lowest BCUT2D eigenvalue weighted by molar-refractivity contribution is 0.375. The van der Waals surface area contributed by atoms with E-state index in [1.807, 2.05) is 6.07 Å². The molecule has 164 valence electrons. The zero-order valence-corrected chi connectivity index (χ0v) is 17.6. The second kappa shape index (κ2) is 7.83. The third-order valence-electron chi connectivity index (χ3n) is 5.72. The third-order valence-corrected chi connectivity index (χ3v) is 5.72. The minimum Gasteiger partial charge on any atom is -0.368 e. The quantitative estimate of drug-likeness (QED) is 0.501. The van der Waals surface area contributed by atoms with Crippen LogP contribution in [-0.2, 0) is 0 Å². The van der Waals surface area contributed by atoms with Gasteiger partial charge in [0.15, 0.2) is 0 Å². The Kier molecular flexibility index (Phi) is 4.97. The summed E-state index contributed by atoms with van der Waals surface area (Å²) in [5.41, 5.74) is 8.53. The molecule has 0 saturated carbocycles. The Morgan fingerprint density at radius 3 is 2.69 bits per heavy atom. The number of hydrogen-bond acceptors (Lipinski definition) is 6. The van der Waals surface area contributed by atoms with Gasteiger partial charge in [0.2, 0.25) is 5.95 Å². The molecule has 1 saturated heterocycles. The van der Waals surface area contributed by atoms with Gasteiger partial charge >= 0.3 is 0 Å². The molecule has 5 rings (SSSR count). The van der Waals surface area contributed by atoms with Crippen LogP contribution in [-0.4, -0.2) is 38.2 Å². The van der Waals surface area contributed by atoms with Crippen LogP contribution in [0.25, 0.3) is 16.8 Å². The third kappa shape index (κ3) is 3.75. The fourth-order valence-electron chi connectivity index (χ4n) is 4.20. The van der Waals surface area contributed by atoms with E-state index in [2.05, 4.69) is 32.2 Å². The molecule has 3 aromatic heterocycles. The minimum atomic E-state index is -0.670. The molecule has 4 heterocycles. The topological polar surface area (TPSA) is 84.4 Å². The Labute approximate surface area is 183 Å². The Morgan fingerprint density at radius 1 is 1.09 bits per heavy atom. The molecule has 0 spiro atoms. The number of imidazole rings is 1. The molecule has 1 aliphatic heterocycles. The maximum atomic E-state index is 14.3. The summed E-state index contributed by atoms with van der Waals surface area (Å²) in [6, 6.07) is 8.99. The van der Waals surface area contributed by atoms with Crippen LogP contribution in [0, 0.1) is 11.6 Å². The number of anilines is 3. The van der Waals surface area contributed by atoms with Crippen molar-refractivity contribution < 1.29 is 8.78 Å². The number of pyridine rings is 1. The fourth-order valence-corrected chi connectivity index (χ4v) is 4.20. The van der Waals surface area contributed by atoms with Crippen molar-refractivity contribution in [2.45, 2.75) is 25.3 Å². The lowest BCUT2D eigenvalue weighted by Crippen LogP contribution is -2.52. The number of fused-ring (bicyclic) bond motifs is 1. The van der Waals surface area contributed by atoms with Gasteiger partial charge < -0.3 is 16.0 Å². The van der Waals surface area contributed by atoms with Gasteiger partial charge in [0.1, 0.15) is 11.6 Å². The van der Waals surface area contributed by atoms with Crippen molar-refractivity contribution in [1.82, 2.24) is 19.6 Å². The predicted octanol–water partition coefficient (Wildman–Crippen LogP) is 4.13. The van der Waals surface area contributed by atoms with Gasteiger partial charge in [-0.25, -0.2) is 13.8 Å². The van der Waals surface area contributed by atoms with E-state index in [-0.39, 0.29) is 16.8 Å². The Balaban J connectivity index is 1.52. The first-order chi connectivity index (χ1) is 15.4. The van der Waals surface area contributed by atoms with Crippen LogP contribution in [0.4, 0.5) is 26.1 Å². The van der Waals surface area contributed by atoms with Crippen molar-refractivity contribution in [3.63, 3.8) is 0 Å². The van der Waals surface area contributed by atoms with Gasteiger partial charge in [-0.2, -0.15) is 9.61 Å². The summed E-state index contributed by atoms with van der Waals surface area (Å²) in [4.78, 5) is 10.9. The Hall–Kier alpha value is -3.59. The van der Waals surface area contributed by atoms with E-state index in [4.69, 9.17) is 5.73 Å². The smallest absolute Gasteiger partial charge is 0.229 e. The summed E-state index contributed by atoms with van der Waals surface area (Å²) in [7, 11) is 0. The highest BCUT2D eigenvalue weighted by molar-refractivity contribution is 5.74. The number of piperidine rings is 1. The molecule has 4 aromatic rings. The van der Waals surface area contributed by atoms with E-state index in [0.29, 0.717) is 11.5 Å². The van der Waals surface area contributed by atoms with Gasteiger partial charge in [0.25, 0.3) is 0 Å². The lowest BCUT2D eigenvalue weighted by Gasteiger charge is -2.39. The van der Waals surface area contributed by atoms with Gasteiger partial charge in [0, 0.05) is 24.8 Å². The minimum absolute atomic E-state index is 0.174. The normalized spacial score (nSPS) is 18.8. The highest BCUT2D eigenvalue weighted by atomic mass is 19.1. The molecule has 0 radical (unpaired) electrons. The number of nitrogens with two attached hydrogens (primary N) is 1. The van der Waals surface area contributed by atoms with Crippen LogP contribution in [0.2, 0.25) is 0 Å². The molecule has 1 aliphatic rings. The largest absolute Gasteiger partial charge is 0.368 e. The van der Waals surface area contributed by atoms with Gasteiger partial charge in [-0.3, -0.25) is 4.98 Å².